The Kier molecular flexibility index (Phi) is 3.39. The number of aryl methyl sites for hydroxylation is 1. The van der Waals surface area contributed by atoms with Crippen LogP contribution < -0.4 is 4.74 Å². The number of methoxy groups -OCH3 is 1. The molecule has 2 heteroatoms. The van der Waals surface area contributed by atoms with Crippen LogP contribution in [0.2, 0.25) is 0 Å². The highest BCUT2D eigenvalue weighted by atomic mass is 16.5. The van der Waals surface area contributed by atoms with Gasteiger partial charge in [-0.25, -0.2) is 0 Å². The molecule has 1 aromatic rings. The van der Waals surface area contributed by atoms with Crippen molar-refractivity contribution < 1.29 is 9.84 Å². The largest absolute Gasteiger partial charge is 0.508 e. The van der Waals surface area contributed by atoms with Crippen molar-refractivity contribution in [2.24, 2.45) is 0 Å². The van der Waals surface area contributed by atoms with Crippen LogP contribution in [0, 0.1) is 6.92 Å². The summed E-state index contributed by atoms with van der Waals surface area (Å²) in [6.07, 6.45) is 1.76. The van der Waals surface area contributed by atoms with E-state index in [1.54, 1.807) is 13.2 Å². The van der Waals surface area contributed by atoms with Gasteiger partial charge in [0.2, 0.25) is 0 Å². The summed E-state index contributed by atoms with van der Waals surface area (Å²) in [5.74, 6) is 1.31. The molecule has 1 aromatic carbocycles. The van der Waals surface area contributed by atoms with Crippen LogP contribution in [0.4, 0.5) is 0 Å². The molecule has 0 atom stereocenters. The van der Waals surface area contributed by atoms with Gasteiger partial charge in [-0.1, -0.05) is 13.8 Å². The highest BCUT2D eigenvalue weighted by molar-refractivity contribution is 5.52. The Labute approximate surface area is 85.5 Å². The molecule has 0 fully saturated rings. The predicted octanol–water partition coefficient (Wildman–Crippen LogP) is 2.83. The minimum absolute atomic E-state index is 0.375. The van der Waals surface area contributed by atoms with Crippen LogP contribution in [0.1, 0.15) is 30.5 Å². The third-order valence-electron chi connectivity index (χ3n) is 2.65. The van der Waals surface area contributed by atoms with Crippen molar-refractivity contribution in [1.29, 1.82) is 0 Å². The number of benzene rings is 1. The van der Waals surface area contributed by atoms with Crippen molar-refractivity contribution in [3.8, 4) is 11.5 Å². The summed E-state index contributed by atoms with van der Waals surface area (Å²) in [7, 11) is 1.68. The molecule has 0 amide bonds. The maximum Gasteiger partial charge on any atom is 0.125 e. The quantitative estimate of drug-likeness (QED) is 0.801. The second-order valence-electron chi connectivity index (χ2n) is 3.40. The number of rotatable bonds is 3. The zero-order valence-corrected chi connectivity index (χ0v) is 9.35. The van der Waals surface area contributed by atoms with Gasteiger partial charge in [0.1, 0.15) is 11.5 Å². The summed E-state index contributed by atoms with van der Waals surface area (Å²) in [5.41, 5.74) is 3.12. The van der Waals surface area contributed by atoms with Gasteiger partial charge in [0.25, 0.3) is 0 Å². The smallest absolute Gasteiger partial charge is 0.125 e. The fourth-order valence-corrected chi connectivity index (χ4v) is 1.80. The molecule has 0 radical (unpaired) electrons. The van der Waals surface area contributed by atoms with E-state index in [1.807, 2.05) is 6.92 Å². The molecule has 0 bridgehead atoms. The van der Waals surface area contributed by atoms with Crippen molar-refractivity contribution >= 4 is 0 Å². The van der Waals surface area contributed by atoms with E-state index in [0.29, 0.717) is 5.75 Å². The van der Waals surface area contributed by atoms with Crippen LogP contribution in [0.25, 0.3) is 0 Å². The molecule has 0 aliphatic carbocycles. The van der Waals surface area contributed by atoms with Crippen molar-refractivity contribution in [3.63, 3.8) is 0 Å². The van der Waals surface area contributed by atoms with Gasteiger partial charge in [0.15, 0.2) is 0 Å². The van der Waals surface area contributed by atoms with Gasteiger partial charge in [-0.2, -0.15) is 0 Å². The van der Waals surface area contributed by atoms with Gasteiger partial charge in [-0.15, -0.1) is 0 Å². The number of aromatic hydroxyl groups is 1. The second kappa shape index (κ2) is 4.36. The van der Waals surface area contributed by atoms with Gasteiger partial charge in [0.05, 0.1) is 7.11 Å². The molecule has 1 N–H and O–H groups in total. The van der Waals surface area contributed by atoms with E-state index in [2.05, 4.69) is 13.8 Å². The molecule has 0 aliphatic rings. The zero-order valence-electron chi connectivity index (χ0n) is 9.35. The van der Waals surface area contributed by atoms with E-state index < -0.39 is 0 Å². The average Bonchev–Trinajstić information content (AvgIpc) is 2.20. The lowest BCUT2D eigenvalue weighted by molar-refractivity contribution is 0.401. The molecule has 0 aliphatic heterocycles. The van der Waals surface area contributed by atoms with E-state index in [9.17, 15) is 5.11 Å². The first-order valence-electron chi connectivity index (χ1n) is 5.03. The molecule has 0 heterocycles. The lowest BCUT2D eigenvalue weighted by atomic mass is 9.98. The molecule has 2 nitrogen and oxygen atoms in total. The van der Waals surface area contributed by atoms with E-state index in [0.717, 1.165) is 35.3 Å². The molecular formula is C12H18O2. The Morgan fingerprint density at radius 3 is 2.36 bits per heavy atom. The van der Waals surface area contributed by atoms with Gasteiger partial charge in [0, 0.05) is 5.56 Å². The topological polar surface area (TPSA) is 29.5 Å². The number of hydrogen-bond acceptors (Lipinski definition) is 2. The van der Waals surface area contributed by atoms with E-state index in [4.69, 9.17) is 4.74 Å². The molecule has 14 heavy (non-hydrogen) atoms. The Morgan fingerprint density at radius 1 is 1.29 bits per heavy atom. The first-order valence-corrected chi connectivity index (χ1v) is 5.03. The van der Waals surface area contributed by atoms with Gasteiger partial charge < -0.3 is 9.84 Å². The molecule has 1 rings (SSSR count). The third kappa shape index (κ3) is 1.69. The Hall–Kier alpha value is -1.18. The Balaban J connectivity index is 3.42. The van der Waals surface area contributed by atoms with Crippen LogP contribution in [0.3, 0.4) is 0 Å². The minimum Gasteiger partial charge on any atom is -0.508 e. The van der Waals surface area contributed by atoms with Crippen molar-refractivity contribution in [2.75, 3.05) is 7.11 Å². The van der Waals surface area contributed by atoms with Gasteiger partial charge in [-0.3, -0.25) is 0 Å². The Morgan fingerprint density at radius 2 is 1.93 bits per heavy atom. The Bertz CT molecular complexity index is 330. The molecule has 0 aromatic heterocycles. The van der Waals surface area contributed by atoms with Gasteiger partial charge in [-0.05, 0) is 37.0 Å². The number of hydrogen-bond donors (Lipinski definition) is 1. The molecule has 0 spiro atoms. The van der Waals surface area contributed by atoms with E-state index >= 15 is 0 Å². The summed E-state index contributed by atoms with van der Waals surface area (Å²) in [4.78, 5) is 0. The molecule has 0 saturated heterocycles. The standard InChI is InChI=1S/C12H18O2/c1-5-9-7-11(13)8(3)10(6-2)12(9)14-4/h7,13H,5-6H2,1-4H3. The zero-order chi connectivity index (χ0) is 10.7. The maximum atomic E-state index is 9.71. The van der Waals surface area contributed by atoms with Gasteiger partial charge >= 0.3 is 0 Å². The second-order valence-corrected chi connectivity index (χ2v) is 3.40. The SMILES string of the molecule is CCc1cc(O)c(C)c(CC)c1OC. The maximum absolute atomic E-state index is 9.71. The number of phenolic OH excluding ortho intramolecular Hbond substituents is 1. The lowest BCUT2D eigenvalue weighted by Gasteiger charge is -2.15. The predicted molar refractivity (Wildman–Crippen MR) is 58.2 cm³/mol. The van der Waals surface area contributed by atoms with Crippen molar-refractivity contribution in [1.82, 2.24) is 0 Å². The van der Waals surface area contributed by atoms with Crippen LogP contribution in [0.15, 0.2) is 6.07 Å². The fraction of sp³-hybridized carbons (Fsp3) is 0.500. The average molecular weight is 194 g/mol. The lowest BCUT2D eigenvalue weighted by Crippen LogP contribution is -1.99. The summed E-state index contributed by atoms with van der Waals surface area (Å²) < 4.78 is 5.38. The third-order valence-corrected chi connectivity index (χ3v) is 2.65. The molecule has 78 valence electrons. The highest BCUT2D eigenvalue weighted by Crippen LogP contribution is 2.33. The molecule has 0 saturated carbocycles. The number of phenols is 1. The molecule has 0 unspecified atom stereocenters. The van der Waals surface area contributed by atoms with Crippen molar-refractivity contribution in [3.05, 3.63) is 22.8 Å². The van der Waals surface area contributed by atoms with Crippen LogP contribution in [-0.2, 0) is 12.8 Å². The normalized spacial score (nSPS) is 10.3. The van der Waals surface area contributed by atoms with Crippen LogP contribution >= 0.6 is 0 Å². The van der Waals surface area contributed by atoms with E-state index in [-0.39, 0.29) is 0 Å². The van der Waals surface area contributed by atoms with E-state index in [1.165, 1.54) is 0 Å². The fourth-order valence-electron chi connectivity index (χ4n) is 1.80. The van der Waals surface area contributed by atoms with Crippen molar-refractivity contribution in [2.45, 2.75) is 33.6 Å². The first-order chi connectivity index (χ1) is 6.65. The highest BCUT2D eigenvalue weighted by Gasteiger charge is 2.13. The van der Waals surface area contributed by atoms with Crippen LogP contribution in [0.5, 0.6) is 11.5 Å². The summed E-state index contributed by atoms with van der Waals surface area (Å²) in [5, 5.41) is 9.71. The summed E-state index contributed by atoms with van der Waals surface area (Å²) >= 11 is 0. The summed E-state index contributed by atoms with van der Waals surface area (Å²) in [6.45, 7) is 6.06. The monoisotopic (exact) mass is 194 g/mol. The minimum atomic E-state index is 0.375. The van der Waals surface area contributed by atoms with Crippen LogP contribution in [-0.4, -0.2) is 12.2 Å². The molecular weight excluding hydrogens is 176 g/mol. The summed E-state index contributed by atoms with van der Waals surface area (Å²) in [6, 6.07) is 1.80. The first kappa shape index (κ1) is 10.9. The number of ether oxygens (including phenoxy) is 1.